The molecule has 134 valence electrons. The minimum absolute atomic E-state index is 0.0173. The Morgan fingerprint density at radius 2 is 1.80 bits per heavy atom. The molecule has 0 fully saturated rings. The van der Waals surface area contributed by atoms with Crippen LogP contribution >= 0.6 is 0 Å². The highest BCUT2D eigenvalue weighted by Gasteiger charge is 2.30. The van der Waals surface area contributed by atoms with Crippen LogP contribution < -0.4 is 10.1 Å². The number of rotatable bonds is 7. The maximum Gasteiger partial charge on any atom is 0.416 e. The van der Waals surface area contributed by atoms with Crippen molar-refractivity contribution in [1.82, 2.24) is 5.32 Å². The zero-order chi connectivity index (χ0) is 18.3. The maximum absolute atomic E-state index is 12.8. The van der Waals surface area contributed by atoms with E-state index in [1.54, 1.807) is 12.1 Å². The number of aryl methyl sites for hydroxylation is 1. The molecule has 2 rings (SSSR count). The van der Waals surface area contributed by atoms with Gasteiger partial charge in [0.05, 0.1) is 5.56 Å². The molecule has 0 aromatic heterocycles. The Morgan fingerprint density at radius 1 is 1.08 bits per heavy atom. The van der Waals surface area contributed by atoms with Gasteiger partial charge in [0, 0.05) is 6.54 Å². The number of hydrogen-bond acceptors (Lipinski definition) is 2. The van der Waals surface area contributed by atoms with E-state index >= 15 is 0 Å². The second-order valence-corrected chi connectivity index (χ2v) is 5.39. The first-order valence-electron chi connectivity index (χ1n) is 7.66. The number of amides is 1. The van der Waals surface area contributed by atoms with Gasteiger partial charge >= 0.3 is 6.18 Å². The summed E-state index contributed by atoms with van der Waals surface area (Å²) in [6.45, 7) is 0.0278. The van der Waals surface area contributed by atoms with E-state index in [0.29, 0.717) is 19.4 Å². The van der Waals surface area contributed by atoms with Gasteiger partial charge in [0.25, 0.3) is 5.91 Å². The lowest BCUT2D eigenvalue weighted by Crippen LogP contribution is -2.29. The molecule has 1 amide bonds. The molecule has 2 aromatic carbocycles. The summed E-state index contributed by atoms with van der Waals surface area (Å²) < 4.78 is 55.6. The number of carbonyl (C=O) groups excluding carboxylic acids is 1. The molecular formula is C18H17F4NO2. The van der Waals surface area contributed by atoms with Gasteiger partial charge in [0.15, 0.2) is 6.61 Å². The van der Waals surface area contributed by atoms with Gasteiger partial charge in [-0.1, -0.05) is 18.2 Å². The van der Waals surface area contributed by atoms with Gasteiger partial charge in [0.2, 0.25) is 0 Å². The Labute approximate surface area is 142 Å². The first-order chi connectivity index (χ1) is 11.8. The lowest BCUT2D eigenvalue weighted by atomic mass is 10.1. The van der Waals surface area contributed by atoms with E-state index < -0.39 is 17.6 Å². The third kappa shape index (κ3) is 6.45. The zero-order valence-electron chi connectivity index (χ0n) is 13.3. The number of halogens is 4. The number of carbonyl (C=O) groups is 1. The monoisotopic (exact) mass is 355 g/mol. The van der Waals surface area contributed by atoms with Crippen LogP contribution in [-0.2, 0) is 17.4 Å². The van der Waals surface area contributed by atoms with Gasteiger partial charge in [-0.15, -0.1) is 0 Å². The standard InChI is InChI=1S/C18H17F4NO2/c19-15-8-6-13(7-9-15)3-2-10-23-17(24)12-25-16-5-1-4-14(11-16)18(20,21)22/h1,4-9,11H,2-3,10,12H2,(H,23,24). The summed E-state index contributed by atoms with van der Waals surface area (Å²) in [7, 11) is 0. The van der Waals surface area contributed by atoms with Crippen molar-refractivity contribution < 1.29 is 27.1 Å². The summed E-state index contributed by atoms with van der Waals surface area (Å²) in [5.41, 5.74) is 0.126. The van der Waals surface area contributed by atoms with Crippen molar-refractivity contribution >= 4 is 5.91 Å². The molecule has 0 unspecified atom stereocenters. The molecule has 1 N–H and O–H groups in total. The topological polar surface area (TPSA) is 38.3 Å². The summed E-state index contributed by atoms with van der Waals surface area (Å²) in [5.74, 6) is -0.739. The van der Waals surface area contributed by atoms with Gasteiger partial charge in [-0.25, -0.2) is 4.39 Å². The van der Waals surface area contributed by atoms with Crippen LogP contribution in [0.5, 0.6) is 5.75 Å². The normalized spacial score (nSPS) is 11.2. The molecule has 0 heterocycles. The van der Waals surface area contributed by atoms with Crippen LogP contribution in [0.3, 0.4) is 0 Å². The smallest absolute Gasteiger partial charge is 0.416 e. The van der Waals surface area contributed by atoms with E-state index in [2.05, 4.69) is 5.32 Å². The summed E-state index contributed by atoms with van der Waals surface area (Å²) in [6.07, 6.45) is -3.13. The van der Waals surface area contributed by atoms with Crippen molar-refractivity contribution in [2.75, 3.05) is 13.2 Å². The van der Waals surface area contributed by atoms with Crippen molar-refractivity contribution in [3.8, 4) is 5.75 Å². The molecule has 0 radical (unpaired) electrons. The van der Waals surface area contributed by atoms with E-state index in [1.807, 2.05) is 0 Å². The van der Waals surface area contributed by atoms with Crippen LogP contribution in [0.25, 0.3) is 0 Å². The van der Waals surface area contributed by atoms with Crippen LogP contribution in [0.15, 0.2) is 48.5 Å². The van der Waals surface area contributed by atoms with Crippen LogP contribution in [0, 0.1) is 5.82 Å². The Bertz CT molecular complexity index is 699. The maximum atomic E-state index is 12.8. The number of hydrogen-bond donors (Lipinski definition) is 1. The van der Waals surface area contributed by atoms with Gasteiger partial charge in [-0.3, -0.25) is 4.79 Å². The third-order valence-corrected chi connectivity index (χ3v) is 3.41. The molecule has 0 saturated carbocycles. The fourth-order valence-corrected chi connectivity index (χ4v) is 2.13. The SMILES string of the molecule is O=C(COc1cccc(C(F)(F)F)c1)NCCCc1ccc(F)cc1. The van der Waals surface area contributed by atoms with E-state index in [-0.39, 0.29) is 18.2 Å². The Morgan fingerprint density at radius 3 is 2.48 bits per heavy atom. The first kappa shape index (κ1) is 18.8. The van der Waals surface area contributed by atoms with Crippen molar-refractivity contribution in [2.45, 2.75) is 19.0 Å². The number of benzene rings is 2. The highest BCUT2D eigenvalue weighted by molar-refractivity contribution is 5.77. The summed E-state index contributed by atoms with van der Waals surface area (Å²) in [5, 5.41) is 2.62. The number of alkyl halides is 3. The summed E-state index contributed by atoms with van der Waals surface area (Å²) in [4.78, 5) is 11.6. The largest absolute Gasteiger partial charge is 0.484 e. The quantitative estimate of drug-likeness (QED) is 0.603. The zero-order valence-corrected chi connectivity index (χ0v) is 13.3. The van der Waals surface area contributed by atoms with Crippen molar-refractivity contribution in [3.05, 3.63) is 65.5 Å². The second-order valence-electron chi connectivity index (χ2n) is 5.39. The van der Waals surface area contributed by atoms with Crippen LogP contribution in [0.1, 0.15) is 17.5 Å². The average molecular weight is 355 g/mol. The number of nitrogens with one attached hydrogen (secondary N) is 1. The molecule has 7 heteroatoms. The van der Waals surface area contributed by atoms with Crippen molar-refractivity contribution in [2.24, 2.45) is 0 Å². The van der Waals surface area contributed by atoms with Gasteiger partial charge in [-0.05, 0) is 48.7 Å². The number of ether oxygens (including phenoxy) is 1. The summed E-state index contributed by atoms with van der Waals surface area (Å²) in [6, 6.07) is 10.5. The Balaban J connectivity index is 1.69. The molecule has 2 aromatic rings. The van der Waals surface area contributed by atoms with E-state index in [4.69, 9.17) is 4.74 Å². The van der Waals surface area contributed by atoms with Crippen LogP contribution in [0.2, 0.25) is 0 Å². The van der Waals surface area contributed by atoms with Crippen LogP contribution in [0.4, 0.5) is 17.6 Å². The highest BCUT2D eigenvalue weighted by atomic mass is 19.4. The predicted molar refractivity (Wildman–Crippen MR) is 84.7 cm³/mol. The fraction of sp³-hybridized carbons (Fsp3) is 0.278. The average Bonchev–Trinajstić information content (AvgIpc) is 2.58. The van der Waals surface area contributed by atoms with Crippen molar-refractivity contribution in [1.29, 1.82) is 0 Å². The predicted octanol–water partition coefficient (Wildman–Crippen LogP) is 3.97. The van der Waals surface area contributed by atoms with Gasteiger partial charge in [-0.2, -0.15) is 13.2 Å². The Kier molecular flexibility index (Phi) is 6.38. The van der Waals surface area contributed by atoms with Crippen molar-refractivity contribution in [3.63, 3.8) is 0 Å². The van der Waals surface area contributed by atoms with E-state index in [1.165, 1.54) is 24.3 Å². The highest BCUT2D eigenvalue weighted by Crippen LogP contribution is 2.31. The van der Waals surface area contributed by atoms with Gasteiger partial charge < -0.3 is 10.1 Å². The molecule has 3 nitrogen and oxygen atoms in total. The molecule has 0 aliphatic heterocycles. The molecule has 0 atom stereocenters. The second kappa shape index (κ2) is 8.50. The molecule has 0 bridgehead atoms. The third-order valence-electron chi connectivity index (χ3n) is 3.41. The van der Waals surface area contributed by atoms with E-state index in [0.717, 1.165) is 17.7 Å². The minimum atomic E-state index is -4.46. The molecule has 0 aliphatic rings. The first-order valence-corrected chi connectivity index (χ1v) is 7.66. The molecule has 25 heavy (non-hydrogen) atoms. The lowest BCUT2D eigenvalue weighted by molar-refractivity contribution is -0.137. The minimum Gasteiger partial charge on any atom is -0.484 e. The lowest BCUT2D eigenvalue weighted by Gasteiger charge is -2.10. The van der Waals surface area contributed by atoms with Crippen LogP contribution in [-0.4, -0.2) is 19.1 Å². The molecular weight excluding hydrogens is 338 g/mol. The Hall–Kier alpha value is -2.57. The molecule has 0 spiro atoms. The molecule has 0 saturated heterocycles. The van der Waals surface area contributed by atoms with Gasteiger partial charge in [0.1, 0.15) is 11.6 Å². The summed E-state index contributed by atoms with van der Waals surface area (Å²) >= 11 is 0. The molecule has 0 aliphatic carbocycles. The fourth-order valence-electron chi connectivity index (χ4n) is 2.13. The van der Waals surface area contributed by atoms with E-state index in [9.17, 15) is 22.4 Å².